The first-order chi connectivity index (χ1) is 15.0. The van der Waals surface area contributed by atoms with Crippen LogP contribution in [0.3, 0.4) is 0 Å². The van der Waals surface area contributed by atoms with E-state index in [2.05, 4.69) is 11.4 Å². The van der Waals surface area contributed by atoms with E-state index < -0.39 is 23.4 Å². The standard InChI is InChI=1S/C23H25N3O5/c27-22(24-19-9-5-7-16-6-1-2-8-18(16)19)15-31-23(28)17-10-11-20(21(14-17)26(29)30)25-12-3-4-13-25/h1-2,6,8,10-11,14,19H,3-5,7,9,12-13,15H2,(H,24,27)/t19-/m0/s1. The maximum atomic E-state index is 12.4. The summed E-state index contributed by atoms with van der Waals surface area (Å²) in [5.41, 5.74) is 2.76. The Morgan fingerprint density at radius 3 is 2.68 bits per heavy atom. The highest BCUT2D eigenvalue weighted by Gasteiger charge is 2.25. The van der Waals surface area contributed by atoms with Crippen LogP contribution in [0.25, 0.3) is 0 Å². The Balaban J connectivity index is 1.38. The summed E-state index contributed by atoms with van der Waals surface area (Å²) in [5.74, 6) is -1.14. The molecule has 1 amide bonds. The molecule has 0 saturated carbocycles. The monoisotopic (exact) mass is 423 g/mol. The van der Waals surface area contributed by atoms with Gasteiger partial charge in [0.2, 0.25) is 0 Å². The van der Waals surface area contributed by atoms with Crippen LogP contribution in [-0.4, -0.2) is 36.5 Å². The van der Waals surface area contributed by atoms with E-state index in [1.54, 1.807) is 6.07 Å². The lowest BCUT2D eigenvalue weighted by atomic mass is 9.88. The molecule has 162 valence electrons. The summed E-state index contributed by atoms with van der Waals surface area (Å²) in [6, 6.07) is 12.2. The number of amides is 1. The van der Waals surface area contributed by atoms with E-state index in [1.165, 1.54) is 17.7 Å². The molecule has 1 atom stereocenters. The molecule has 8 nitrogen and oxygen atoms in total. The van der Waals surface area contributed by atoms with Gasteiger partial charge in [0.15, 0.2) is 6.61 Å². The average molecular weight is 423 g/mol. The van der Waals surface area contributed by atoms with E-state index in [4.69, 9.17) is 4.74 Å². The molecule has 1 N–H and O–H groups in total. The predicted octanol–water partition coefficient (Wildman–Crippen LogP) is 3.55. The molecule has 0 unspecified atom stereocenters. The molecule has 0 radical (unpaired) electrons. The van der Waals surface area contributed by atoms with Crippen LogP contribution in [0.5, 0.6) is 0 Å². The number of benzene rings is 2. The number of carbonyl (C=O) groups is 2. The topological polar surface area (TPSA) is 102 Å². The number of carbonyl (C=O) groups excluding carboxylic acids is 2. The van der Waals surface area contributed by atoms with Crippen LogP contribution in [0.15, 0.2) is 42.5 Å². The van der Waals surface area contributed by atoms with Gasteiger partial charge in [-0.15, -0.1) is 0 Å². The minimum atomic E-state index is -0.754. The van der Waals surface area contributed by atoms with Gasteiger partial charge in [-0.25, -0.2) is 4.79 Å². The van der Waals surface area contributed by atoms with Gasteiger partial charge in [0.25, 0.3) is 11.6 Å². The lowest BCUT2D eigenvalue weighted by Crippen LogP contribution is -2.34. The first kappa shape index (κ1) is 20.8. The van der Waals surface area contributed by atoms with Crippen molar-refractivity contribution >= 4 is 23.3 Å². The average Bonchev–Trinajstić information content (AvgIpc) is 3.32. The van der Waals surface area contributed by atoms with Gasteiger partial charge in [0.1, 0.15) is 5.69 Å². The molecule has 1 aliphatic carbocycles. The van der Waals surface area contributed by atoms with Crippen LogP contribution in [0, 0.1) is 10.1 Å². The highest BCUT2D eigenvalue weighted by atomic mass is 16.6. The Labute approximate surface area is 180 Å². The zero-order valence-corrected chi connectivity index (χ0v) is 17.2. The lowest BCUT2D eigenvalue weighted by molar-refractivity contribution is -0.384. The fourth-order valence-corrected chi connectivity index (χ4v) is 4.38. The summed E-state index contributed by atoms with van der Waals surface area (Å²) in [6.07, 6.45) is 4.78. The van der Waals surface area contributed by atoms with Gasteiger partial charge in [0.05, 0.1) is 16.5 Å². The largest absolute Gasteiger partial charge is 0.452 e. The van der Waals surface area contributed by atoms with Crippen molar-refractivity contribution in [1.82, 2.24) is 5.32 Å². The Kier molecular flexibility index (Phi) is 6.16. The minimum Gasteiger partial charge on any atom is -0.452 e. The number of hydrogen-bond acceptors (Lipinski definition) is 6. The molecule has 0 bridgehead atoms. The van der Waals surface area contributed by atoms with Crippen LogP contribution < -0.4 is 10.2 Å². The van der Waals surface area contributed by atoms with Crippen LogP contribution in [0.4, 0.5) is 11.4 Å². The first-order valence-corrected chi connectivity index (χ1v) is 10.6. The van der Waals surface area contributed by atoms with Crippen molar-refractivity contribution in [3.05, 3.63) is 69.3 Å². The van der Waals surface area contributed by atoms with Gasteiger partial charge < -0.3 is 15.0 Å². The zero-order valence-electron chi connectivity index (χ0n) is 17.2. The normalized spacial score (nSPS) is 17.7. The molecule has 1 heterocycles. The maximum Gasteiger partial charge on any atom is 0.338 e. The van der Waals surface area contributed by atoms with Crippen molar-refractivity contribution in [3.63, 3.8) is 0 Å². The van der Waals surface area contributed by atoms with Crippen molar-refractivity contribution in [1.29, 1.82) is 0 Å². The summed E-state index contributed by atoms with van der Waals surface area (Å²) < 4.78 is 5.13. The van der Waals surface area contributed by atoms with E-state index in [0.717, 1.165) is 50.8 Å². The summed E-state index contributed by atoms with van der Waals surface area (Å²) in [6.45, 7) is 1.09. The molecule has 1 fully saturated rings. The van der Waals surface area contributed by atoms with Crippen LogP contribution in [-0.2, 0) is 16.0 Å². The number of aryl methyl sites for hydroxylation is 1. The molecular weight excluding hydrogens is 398 g/mol. The molecule has 1 aliphatic heterocycles. The number of hydrogen-bond donors (Lipinski definition) is 1. The molecule has 2 aromatic rings. The van der Waals surface area contributed by atoms with Crippen LogP contribution >= 0.6 is 0 Å². The highest BCUT2D eigenvalue weighted by molar-refractivity contribution is 5.93. The van der Waals surface area contributed by atoms with Crippen molar-refractivity contribution in [2.45, 2.75) is 38.1 Å². The second-order valence-electron chi connectivity index (χ2n) is 7.94. The molecule has 1 saturated heterocycles. The highest BCUT2D eigenvalue weighted by Crippen LogP contribution is 2.32. The Morgan fingerprint density at radius 2 is 1.90 bits per heavy atom. The third-order valence-electron chi connectivity index (χ3n) is 5.89. The molecule has 0 spiro atoms. The molecule has 8 heteroatoms. The number of nitro groups is 1. The van der Waals surface area contributed by atoms with E-state index in [0.29, 0.717) is 5.69 Å². The number of anilines is 1. The second-order valence-corrected chi connectivity index (χ2v) is 7.94. The van der Waals surface area contributed by atoms with Crippen molar-refractivity contribution in [3.8, 4) is 0 Å². The SMILES string of the molecule is O=C(COC(=O)c1ccc(N2CCCC2)c([N+](=O)[O-])c1)N[C@H]1CCCc2ccccc21. The molecule has 2 aliphatic rings. The maximum absolute atomic E-state index is 12.4. The van der Waals surface area contributed by atoms with Crippen molar-refractivity contribution < 1.29 is 19.2 Å². The lowest BCUT2D eigenvalue weighted by Gasteiger charge is -2.26. The van der Waals surface area contributed by atoms with Gasteiger partial charge in [-0.3, -0.25) is 14.9 Å². The summed E-state index contributed by atoms with van der Waals surface area (Å²) in [7, 11) is 0. The number of nitrogens with one attached hydrogen (secondary N) is 1. The summed E-state index contributed by atoms with van der Waals surface area (Å²) in [5, 5.41) is 14.4. The molecule has 31 heavy (non-hydrogen) atoms. The van der Waals surface area contributed by atoms with E-state index in [9.17, 15) is 19.7 Å². The fraction of sp³-hybridized carbons (Fsp3) is 0.391. The van der Waals surface area contributed by atoms with Gasteiger partial charge in [0, 0.05) is 19.2 Å². The van der Waals surface area contributed by atoms with Gasteiger partial charge in [-0.05, 0) is 55.4 Å². The molecule has 4 rings (SSSR count). The Hall–Kier alpha value is -3.42. The van der Waals surface area contributed by atoms with Gasteiger partial charge in [-0.2, -0.15) is 0 Å². The predicted molar refractivity (Wildman–Crippen MR) is 115 cm³/mol. The Morgan fingerprint density at radius 1 is 1.13 bits per heavy atom. The quantitative estimate of drug-likeness (QED) is 0.433. The number of ether oxygens (including phenoxy) is 1. The van der Waals surface area contributed by atoms with Crippen molar-refractivity contribution in [2.75, 3.05) is 24.6 Å². The van der Waals surface area contributed by atoms with E-state index in [1.807, 2.05) is 23.1 Å². The molecule has 0 aromatic heterocycles. The summed E-state index contributed by atoms with van der Waals surface area (Å²) >= 11 is 0. The number of nitrogens with zero attached hydrogens (tertiary/aromatic N) is 2. The smallest absolute Gasteiger partial charge is 0.338 e. The third kappa shape index (κ3) is 4.68. The second kappa shape index (κ2) is 9.16. The van der Waals surface area contributed by atoms with Crippen LogP contribution in [0.1, 0.15) is 53.2 Å². The number of nitro benzene ring substituents is 1. The molecular formula is C23H25N3O5. The van der Waals surface area contributed by atoms with Gasteiger partial charge >= 0.3 is 5.97 Å². The van der Waals surface area contributed by atoms with E-state index >= 15 is 0 Å². The van der Waals surface area contributed by atoms with E-state index in [-0.39, 0.29) is 17.3 Å². The number of fused-ring (bicyclic) bond motifs is 1. The fourth-order valence-electron chi connectivity index (χ4n) is 4.38. The van der Waals surface area contributed by atoms with Gasteiger partial charge in [-0.1, -0.05) is 24.3 Å². The minimum absolute atomic E-state index is 0.0606. The zero-order chi connectivity index (χ0) is 21.8. The van der Waals surface area contributed by atoms with Crippen LogP contribution in [0.2, 0.25) is 0 Å². The summed E-state index contributed by atoms with van der Waals surface area (Å²) in [4.78, 5) is 37.7. The van der Waals surface area contributed by atoms with Crippen molar-refractivity contribution in [2.24, 2.45) is 0 Å². The third-order valence-corrected chi connectivity index (χ3v) is 5.89. The molecule has 2 aromatic carbocycles. The first-order valence-electron chi connectivity index (χ1n) is 10.6. The number of rotatable bonds is 6. The Bertz CT molecular complexity index is 1000. The number of esters is 1.